The van der Waals surface area contributed by atoms with Gasteiger partial charge in [-0.2, -0.15) is 0 Å². The van der Waals surface area contributed by atoms with E-state index in [0.717, 1.165) is 63.3 Å². The quantitative estimate of drug-likeness (QED) is 0.176. The van der Waals surface area contributed by atoms with E-state index in [1.54, 1.807) is 12.1 Å². The fourth-order valence-electron chi connectivity index (χ4n) is 5.73. The highest BCUT2D eigenvalue weighted by molar-refractivity contribution is 9.10. The number of sulfonamides is 1. The second-order valence-corrected chi connectivity index (χ2v) is 14.4. The van der Waals surface area contributed by atoms with Gasteiger partial charge >= 0.3 is 0 Å². The Morgan fingerprint density at radius 1 is 0.891 bits per heavy atom. The normalized spacial score (nSPS) is 14.1. The van der Waals surface area contributed by atoms with Crippen molar-refractivity contribution in [3.05, 3.63) is 130 Å². The summed E-state index contributed by atoms with van der Waals surface area (Å²) >= 11 is 3.50. The maximum atomic E-state index is 14.5. The van der Waals surface area contributed by atoms with Crippen LogP contribution in [-0.2, 0) is 32.6 Å². The third kappa shape index (κ3) is 8.41. The lowest BCUT2D eigenvalue weighted by atomic mass is 10.0. The van der Waals surface area contributed by atoms with Gasteiger partial charge in [0, 0.05) is 23.5 Å². The van der Waals surface area contributed by atoms with Crippen LogP contribution in [-0.4, -0.2) is 43.8 Å². The van der Waals surface area contributed by atoms with Gasteiger partial charge in [-0.1, -0.05) is 88.9 Å². The monoisotopic (exact) mass is 705 g/mol. The first-order valence-electron chi connectivity index (χ1n) is 15.3. The first kappa shape index (κ1) is 33.3. The lowest BCUT2D eigenvalue weighted by Crippen LogP contribution is -2.54. The first-order chi connectivity index (χ1) is 22.1. The van der Waals surface area contributed by atoms with Crippen LogP contribution >= 0.6 is 15.9 Å². The molecule has 10 heteroatoms. The minimum Gasteiger partial charge on any atom is -0.352 e. The molecule has 1 fully saturated rings. The molecule has 0 aliphatic heterocycles. The molecule has 1 atom stereocenters. The van der Waals surface area contributed by atoms with Gasteiger partial charge in [0.1, 0.15) is 18.4 Å². The molecule has 1 aliphatic rings. The SMILES string of the molecule is Cc1ccc(S(=O)(=O)N(CC(=O)N(Cc2cccc(Br)c2)C(Cc2ccccc2)C(=O)NC2CCCC2)c2ccc(F)cc2)cc1. The molecule has 1 saturated carbocycles. The molecule has 5 rings (SSSR count). The van der Waals surface area contributed by atoms with Crippen molar-refractivity contribution in [1.29, 1.82) is 0 Å². The van der Waals surface area contributed by atoms with E-state index < -0.39 is 34.3 Å². The molecule has 7 nitrogen and oxygen atoms in total. The predicted molar refractivity (Wildman–Crippen MR) is 181 cm³/mol. The number of halogens is 2. The Bertz CT molecular complexity index is 1750. The van der Waals surface area contributed by atoms with Gasteiger partial charge in [0.05, 0.1) is 10.6 Å². The van der Waals surface area contributed by atoms with Gasteiger partial charge in [0.15, 0.2) is 0 Å². The molecule has 4 aromatic carbocycles. The van der Waals surface area contributed by atoms with Crippen molar-refractivity contribution < 1.29 is 22.4 Å². The molecule has 1 N–H and O–H groups in total. The summed E-state index contributed by atoms with van der Waals surface area (Å²) in [5, 5.41) is 3.17. The number of nitrogens with one attached hydrogen (secondary N) is 1. The van der Waals surface area contributed by atoms with Crippen LogP contribution in [0.2, 0.25) is 0 Å². The van der Waals surface area contributed by atoms with E-state index in [1.807, 2.05) is 61.5 Å². The predicted octanol–water partition coefficient (Wildman–Crippen LogP) is 6.79. The van der Waals surface area contributed by atoms with E-state index >= 15 is 0 Å². The molecule has 0 heterocycles. The molecule has 4 aromatic rings. The third-order valence-corrected chi connectivity index (χ3v) is 10.5. The van der Waals surface area contributed by atoms with E-state index in [4.69, 9.17) is 0 Å². The smallest absolute Gasteiger partial charge is 0.264 e. The molecule has 0 bridgehead atoms. The van der Waals surface area contributed by atoms with Crippen molar-refractivity contribution in [1.82, 2.24) is 10.2 Å². The molecular weight excluding hydrogens is 669 g/mol. The number of aryl methyl sites for hydroxylation is 1. The van der Waals surface area contributed by atoms with Gasteiger partial charge in [-0.15, -0.1) is 0 Å². The summed E-state index contributed by atoms with van der Waals surface area (Å²) < 4.78 is 43.9. The van der Waals surface area contributed by atoms with Crippen LogP contribution in [0.15, 0.2) is 112 Å². The fraction of sp³-hybridized carbons (Fsp3) is 0.278. The highest BCUT2D eigenvalue weighted by atomic mass is 79.9. The van der Waals surface area contributed by atoms with Gasteiger partial charge in [-0.3, -0.25) is 13.9 Å². The number of anilines is 1. The van der Waals surface area contributed by atoms with Crippen LogP contribution in [0.25, 0.3) is 0 Å². The minimum absolute atomic E-state index is 0.00595. The number of rotatable bonds is 12. The van der Waals surface area contributed by atoms with Crippen molar-refractivity contribution in [3.8, 4) is 0 Å². The number of benzene rings is 4. The molecule has 0 radical (unpaired) electrons. The van der Waals surface area contributed by atoms with Crippen molar-refractivity contribution in [2.45, 2.75) is 62.6 Å². The van der Waals surface area contributed by atoms with Crippen LogP contribution in [0.1, 0.15) is 42.4 Å². The zero-order chi connectivity index (χ0) is 32.7. The number of hydrogen-bond acceptors (Lipinski definition) is 4. The topological polar surface area (TPSA) is 86.8 Å². The van der Waals surface area contributed by atoms with Crippen LogP contribution < -0.4 is 9.62 Å². The van der Waals surface area contributed by atoms with Gasteiger partial charge in [-0.25, -0.2) is 12.8 Å². The van der Waals surface area contributed by atoms with Crippen molar-refractivity contribution in [3.63, 3.8) is 0 Å². The lowest BCUT2D eigenvalue weighted by Gasteiger charge is -2.34. The highest BCUT2D eigenvalue weighted by Crippen LogP contribution is 2.26. The van der Waals surface area contributed by atoms with E-state index in [9.17, 15) is 22.4 Å². The standard InChI is InChI=1S/C36H37BrFN3O4S/c1-26-14-20-33(21-15-26)46(44,45)41(32-18-16-30(38)17-19-32)25-35(42)40(24-28-10-7-11-29(37)22-28)34(23-27-8-3-2-4-9-27)36(43)39-31-12-5-6-13-31/h2-4,7-11,14-22,31,34H,5-6,12-13,23-25H2,1H3,(H,39,43). The summed E-state index contributed by atoms with van der Waals surface area (Å²) in [5.74, 6) is -1.39. The second-order valence-electron chi connectivity index (χ2n) is 11.6. The van der Waals surface area contributed by atoms with Crippen LogP contribution in [0, 0.1) is 12.7 Å². The molecular formula is C36H37BrFN3O4S. The van der Waals surface area contributed by atoms with Gasteiger partial charge in [0.2, 0.25) is 11.8 Å². The first-order valence-corrected chi connectivity index (χ1v) is 17.6. The second kappa shape index (κ2) is 15.0. The van der Waals surface area contributed by atoms with Gasteiger partial charge < -0.3 is 10.2 Å². The Morgan fingerprint density at radius 2 is 1.54 bits per heavy atom. The summed E-state index contributed by atoms with van der Waals surface area (Å²) in [5.41, 5.74) is 2.64. The molecule has 1 unspecified atom stereocenters. The summed E-state index contributed by atoms with van der Waals surface area (Å²) in [7, 11) is -4.26. The minimum atomic E-state index is -4.26. The zero-order valence-electron chi connectivity index (χ0n) is 25.6. The average Bonchev–Trinajstić information content (AvgIpc) is 3.55. The average molecular weight is 707 g/mol. The van der Waals surface area contributed by atoms with Crippen LogP contribution in [0.5, 0.6) is 0 Å². The summed E-state index contributed by atoms with van der Waals surface area (Å²) in [6.45, 7) is 1.31. The molecule has 1 aliphatic carbocycles. The number of carbonyl (C=O) groups is 2. The molecule has 0 aromatic heterocycles. The van der Waals surface area contributed by atoms with Gasteiger partial charge in [-0.05, 0) is 79.4 Å². The van der Waals surface area contributed by atoms with E-state index in [2.05, 4.69) is 21.2 Å². The van der Waals surface area contributed by atoms with Crippen LogP contribution in [0.3, 0.4) is 0 Å². The Balaban J connectivity index is 1.56. The van der Waals surface area contributed by atoms with E-state index in [0.29, 0.717) is 0 Å². The number of amides is 2. The highest BCUT2D eigenvalue weighted by Gasteiger charge is 2.35. The molecule has 0 spiro atoms. The fourth-order valence-corrected chi connectivity index (χ4v) is 7.59. The molecule has 2 amide bonds. The Kier molecular flexibility index (Phi) is 10.9. The Labute approximate surface area is 278 Å². The van der Waals surface area contributed by atoms with E-state index in [-0.39, 0.29) is 35.5 Å². The summed E-state index contributed by atoms with van der Waals surface area (Å²) in [6.07, 6.45) is 4.03. The van der Waals surface area contributed by atoms with E-state index in [1.165, 1.54) is 29.2 Å². The lowest BCUT2D eigenvalue weighted by molar-refractivity contribution is -0.140. The van der Waals surface area contributed by atoms with Crippen LogP contribution in [0.4, 0.5) is 10.1 Å². The molecule has 46 heavy (non-hydrogen) atoms. The number of carbonyl (C=O) groups excluding carboxylic acids is 2. The van der Waals surface area contributed by atoms with Crippen molar-refractivity contribution in [2.75, 3.05) is 10.8 Å². The third-order valence-electron chi connectivity index (χ3n) is 8.22. The Hall–Kier alpha value is -4.02. The molecule has 240 valence electrons. The summed E-state index contributed by atoms with van der Waals surface area (Å²) in [4.78, 5) is 30.1. The zero-order valence-corrected chi connectivity index (χ0v) is 28.0. The van der Waals surface area contributed by atoms with Crippen molar-refractivity contribution in [2.24, 2.45) is 0 Å². The molecule has 0 saturated heterocycles. The Morgan fingerprint density at radius 3 is 2.20 bits per heavy atom. The summed E-state index contributed by atoms with van der Waals surface area (Å²) in [6, 6.07) is 27.3. The number of hydrogen-bond donors (Lipinski definition) is 1. The van der Waals surface area contributed by atoms with Gasteiger partial charge in [0.25, 0.3) is 10.0 Å². The largest absolute Gasteiger partial charge is 0.352 e. The maximum Gasteiger partial charge on any atom is 0.264 e. The number of nitrogens with zero attached hydrogens (tertiary/aromatic N) is 2. The maximum absolute atomic E-state index is 14.5. The van der Waals surface area contributed by atoms with Crippen molar-refractivity contribution >= 4 is 43.5 Å².